The number of aromatic hydroxyl groups is 1. The summed E-state index contributed by atoms with van der Waals surface area (Å²) in [6.45, 7) is 10.1. The van der Waals surface area contributed by atoms with Gasteiger partial charge in [-0.3, -0.25) is 19.4 Å². The number of nitrogens with zero attached hydrogens (tertiary/aromatic N) is 3. The molecule has 0 spiro atoms. The second kappa shape index (κ2) is 15.0. The number of fused-ring (bicyclic) bond motifs is 1. The molecule has 0 saturated heterocycles. The summed E-state index contributed by atoms with van der Waals surface area (Å²) >= 11 is 0. The Labute approximate surface area is 260 Å². The third kappa shape index (κ3) is 8.02. The van der Waals surface area contributed by atoms with Crippen LogP contribution in [0.3, 0.4) is 0 Å². The number of Topliss-reactive ketones (excluding diaryl/α,β-unsaturated/α-hetero) is 1. The minimum absolute atomic E-state index is 0.0113. The molecule has 1 aliphatic heterocycles. The van der Waals surface area contributed by atoms with Crippen LogP contribution in [0.25, 0.3) is 0 Å². The van der Waals surface area contributed by atoms with Crippen molar-refractivity contribution in [2.45, 2.75) is 72.0 Å². The van der Waals surface area contributed by atoms with E-state index < -0.39 is 23.9 Å². The molecule has 0 fully saturated rings. The number of rotatable bonds is 14. The van der Waals surface area contributed by atoms with E-state index in [1.54, 1.807) is 35.4 Å². The van der Waals surface area contributed by atoms with E-state index in [1.807, 2.05) is 50.2 Å². The van der Waals surface area contributed by atoms with Gasteiger partial charge in [-0.05, 0) is 80.5 Å². The molecule has 1 aliphatic rings. The molecular formula is C35H45N5O4. The van der Waals surface area contributed by atoms with Crippen molar-refractivity contribution < 1.29 is 19.5 Å². The Bertz CT molecular complexity index is 1420. The van der Waals surface area contributed by atoms with Gasteiger partial charge in [-0.25, -0.2) is 0 Å². The number of pyridine rings is 1. The van der Waals surface area contributed by atoms with E-state index in [0.29, 0.717) is 19.4 Å². The average molecular weight is 600 g/mol. The molecular weight excluding hydrogens is 554 g/mol. The van der Waals surface area contributed by atoms with Crippen LogP contribution in [0.5, 0.6) is 5.75 Å². The first-order valence-electron chi connectivity index (χ1n) is 15.6. The number of hydrogen-bond donors (Lipinski definition) is 3. The highest BCUT2D eigenvalue weighted by Gasteiger charge is 2.38. The number of para-hydroxylation sites is 1. The van der Waals surface area contributed by atoms with E-state index in [-0.39, 0.29) is 36.2 Å². The maximum atomic E-state index is 14.2. The number of carbonyl (C=O) groups excluding carboxylic acids is 3. The summed E-state index contributed by atoms with van der Waals surface area (Å²) < 4.78 is 0. The van der Waals surface area contributed by atoms with Crippen molar-refractivity contribution in [3.63, 3.8) is 0 Å². The van der Waals surface area contributed by atoms with Crippen LogP contribution < -0.4 is 20.9 Å². The minimum Gasteiger partial charge on any atom is -0.508 e. The zero-order valence-corrected chi connectivity index (χ0v) is 26.2. The molecule has 0 saturated carbocycles. The molecule has 0 aliphatic carbocycles. The highest BCUT2D eigenvalue weighted by Crippen LogP contribution is 2.40. The molecule has 3 aromatic rings. The number of aromatic nitrogens is 1. The van der Waals surface area contributed by atoms with Gasteiger partial charge in [0.15, 0.2) is 5.78 Å². The van der Waals surface area contributed by atoms with Crippen LogP contribution in [-0.4, -0.2) is 52.9 Å². The van der Waals surface area contributed by atoms with Crippen LogP contribution in [0.15, 0.2) is 66.9 Å². The lowest BCUT2D eigenvalue weighted by molar-refractivity contribution is -0.131. The second-order valence-corrected chi connectivity index (χ2v) is 11.9. The van der Waals surface area contributed by atoms with Crippen LogP contribution in [0.1, 0.15) is 57.4 Å². The van der Waals surface area contributed by atoms with Gasteiger partial charge in [0.05, 0.1) is 35.7 Å². The van der Waals surface area contributed by atoms with Crippen molar-refractivity contribution in [3.05, 3.63) is 83.7 Å². The van der Waals surface area contributed by atoms with Gasteiger partial charge in [0.1, 0.15) is 5.75 Å². The van der Waals surface area contributed by atoms with Crippen LogP contribution in [0, 0.1) is 11.8 Å². The fraction of sp³-hybridized carbons (Fsp3) is 0.429. The number of nitrogens with two attached hydrogens (primary N) is 1. The van der Waals surface area contributed by atoms with Crippen LogP contribution >= 0.6 is 0 Å². The van der Waals surface area contributed by atoms with Gasteiger partial charge in [0.2, 0.25) is 11.8 Å². The fourth-order valence-electron chi connectivity index (χ4n) is 5.91. The summed E-state index contributed by atoms with van der Waals surface area (Å²) in [6.07, 6.45) is 2.88. The van der Waals surface area contributed by atoms with Gasteiger partial charge in [0, 0.05) is 31.6 Å². The first-order valence-corrected chi connectivity index (χ1v) is 15.6. The molecule has 0 radical (unpaired) electrons. The van der Waals surface area contributed by atoms with Crippen LogP contribution in [-0.2, 0) is 33.8 Å². The standard InChI is InChI=1S/C35H45N5O4/c1-5-39(6-2)31-12-9-10-25-20-26(35(44)40(33(25)31)22-27-11-7-8-17-37-27)21-32(42)30(18-23(3)4)38-34(43)29(36)19-24-13-15-28(41)16-14-24/h7-17,23,26,29-30,41H,5-6,18-22,36H2,1-4H3,(H,38,43)/t26?,29-,30-/m1/s1. The van der Waals surface area contributed by atoms with Gasteiger partial charge in [-0.15, -0.1) is 0 Å². The number of carbonyl (C=O) groups is 3. The van der Waals surface area contributed by atoms with E-state index in [0.717, 1.165) is 41.3 Å². The lowest BCUT2D eigenvalue weighted by Crippen LogP contribution is -2.50. The molecule has 4 N–H and O–H groups in total. The van der Waals surface area contributed by atoms with Crippen molar-refractivity contribution in [2.75, 3.05) is 22.9 Å². The number of nitrogens with one attached hydrogen (secondary N) is 1. The number of amides is 2. The Morgan fingerprint density at radius 1 is 1.07 bits per heavy atom. The molecule has 4 rings (SSSR count). The highest BCUT2D eigenvalue weighted by atomic mass is 16.3. The number of ketones is 1. The van der Waals surface area contributed by atoms with Crippen molar-refractivity contribution in [3.8, 4) is 5.75 Å². The predicted octanol–water partition coefficient (Wildman–Crippen LogP) is 4.40. The molecule has 1 aromatic heterocycles. The molecule has 2 amide bonds. The van der Waals surface area contributed by atoms with Gasteiger partial charge in [-0.2, -0.15) is 0 Å². The minimum atomic E-state index is -0.863. The molecule has 2 aromatic carbocycles. The summed E-state index contributed by atoms with van der Waals surface area (Å²) in [5, 5.41) is 12.4. The number of anilines is 2. The molecule has 9 heteroatoms. The highest BCUT2D eigenvalue weighted by molar-refractivity contribution is 6.04. The number of hydrogen-bond acceptors (Lipinski definition) is 7. The van der Waals surface area contributed by atoms with Crippen molar-refractivity contribution in [1.29, 1.82) is 0 Å². The molecule has 2 heterocycles. The van der Waals surface area contributed by atoms with E-state index in [1.165, 1.54) is 0 Å². The average Bonchev–Trinajstić information content (AvgIpc) is 3.00. The molecule has 9 nitrogen and oxygen atoms in total. The zero-order valence-electron chi connectivity index (χ0n) is 26.2. The summed E-state index contributed by atoms with van der Waals surface area (Å²) in [5.74, 6) is -1.01. The summed E-state index contributed by atoms with van der Waals surface area (Å²) in [6, 6.07) is 16.7. The van der Waals surface area contributed by atoms with Crippen LogP contribution in [0.4, 0.5) is 11.4 Å². The molecule has 44 heavy (non-hydrogen) atoms. The van der Waals surface area contributed by atoms with E-state index in [4.69, 9.17) is 5.73 Å². The topological polar surface area (TPSA) is 129 Å². The van der Waals surface area contributed by atoms with E-state index >= 15 is 0 Å². The summed E-state index contributed by atoms with van der Waals surface area (Å²) in [7, 11) is 0. The van der Waals surface area contributed by atoms with Crippen LogP contribution in [0.2, 0.25) is 0 Å². The Morgan fingerprint density at radius 3 is 2.43 bits per heavy atom. The van der Waals surface area contributed by atoms with Gasteiger partial charge in [-0.1, -0.05) is 44.2 Å². The Hall–Kier alpha value is -4.24. The van der Waals surface area contributed by atoms with E-state index in [2.05, 4.69) is 29.0 Å². The van der Waals surface area contributed by atoms with E-state index in [9.17, 15) is 19.5 Å². The van der Waals surface area contributed by atoms with Crippen molar-refractivity contribution in [2.24, 2.45) is 17.6 Å². The largest absolute Gasteiger partial charge is 0.508 e. The number of benzene rings is 2. The number of phenols is 1. The maximum Gasteiger partial charge on any atom is 0.237 e. The first-order chi connectivity index (χ1) is 21.1. The first kappa shape index (κ1) is 32.7. The smallest absolute Gasteiger partial charge is 0.237 e. The monoisotopic (exact) mass is 599 g/mol. The second-order valence-electron chi connectivity index (χ2n) is 11.9. The summed E-state index contributed by atoms with van der Waals surface area (Å²) in [5.41, 5.74) is 10.7. The zero-order chi connectivity index (χ0) is 31.8. The Kier molecular flexibility index (Phi) is 11.1. The SMILES string of the molecule is CCN(CC)c1cccc2c1N(Cc1ccccn1)C(=O)C(CC(=O)[C@@H](CC(C)C)NC(=O)[C@H](N)Cc1ccc(O)cc1)C2. The third-order valence-electron chi connectivity index (χ3n) is 8.19. The lowest BCUT2D eigenvalue weighted by atomic mass is 9.85. The third-order valence-corrected chi connectivity index (χ3v) is 8.19. The fourth-order valence-corrected chi connectivity index (χ4v) is 5.91. The van der Waals surface area contributed by atoms with Crippen molar-refractivity contribution in [1.82, 2.24) is 10.3 Å². The lowest BCUT2D eigenvalue weighted by Gasteiger charge is -2.38. The maximum absolute atomic E-state index is 14.2. The van der Waals surface area contributed by atoms with Gasteiger partial charge < -0.3 is 26.0 Å². The molecule has 3 atom stereocenters. The van der Waals surface area contributed by atoms with Gasteiger partial charge in [0.25, 0.3) is 0 Å². The van der Waals surface area contributed by atoms with Gasteiger partial charge >= 0.3 is 0 Å². The summed E-state index contributed by atoms with van der Waals surface area (Å²) in [4.78, 5) is 49.6. The predicted molar refractivity (Wildman–Crippen MR) is 173 cm³/mol. The molecule has 1 unspecified atom stereocenters. The van der Waals surface area contributed by atoms with Crippen molar-refractivity contribution >= 4 is 29.0 Å². The number of phenolic OH excluding ortho intramolecular Hbond substituents is 1. The quantitative estimate of drug-likeness (QED) is 0.251. The normalized spacial score (nSPS) is 15.9. The molecule has 234 valence electrons. The Balaban J connectivity index is 1.56. The molecule has 0 bridgehead atoms. The Morgan fingerprint density at radius 2 is 1.80 bits per heavy atom.